The van der Waals surface area contributed by atoms with Crippen molar-refractivity contribution >= 4 is 11.2 Å². The van der Waals surface area contributed by atoms with Crippen molar-refractivity contribution in [3.05, 3.63) is 24.2 Å². The highest BCUT2D eigenvalue weighted by atomic mass is 16.5. The summed E-state index contributed by atoms with van der Waals surface area (Å²) in [5.74, 6) is 1.56. The molecule has 0 N–H and O–H groups in total. The van der Waals surface area contributed by atoms with Gasteiger partial charge < -0.3 is 14.0 Å². The Labute approximate surface area is 124 Å². The van der Waals surface area contributed by atoms with Crippen LogP contribution in [0, 0.1) is 0 Å². The average molecular weight is 287 g/mol. The average Bonchev–Trinajstić information content (AvgIpc) is 2.96. The summed E-state index contributed by atoms with van der Waals surface area (Å²) in [6.45, 7) is 3.33. The molecule has 5 heteroatoms. The Balaban J connectivity index is 1.79. The number of hydrogen-bond acceptors (Lipinski definition) is 4. The molecule has 21 heavy (non-hydrogen) atoms. The molecule has 0 amide bonds. The molecular weight excluding hydrogens is 266 g/mol. The van der Waals surface area contributed by atoms with Gasteiger partial charge in [-0.25, -0.2) is 9.97 Å². The minimum absolute atomic E-state index is 0.399. The number of nitrogens with zero attached hydrogens (tertiary/aromatic N) is 3. The maximum absolute atomic E-state index is 5.68. The number of fused-ring (bicyclic) bond motifs is 1. The van der Waals surface area contributed by atoms with Crippen molar-refractivity contribution in [3.8, 4) is 0 Å². The van der Waals surface area contributed by atoms with Gasteiger partial charge in [-0.15, -0.1) is 0 Å². The molecule has 112 valence electrons. The van der Waals surface area contributed by atoms with Crippen molar-refractivity contribution in [2.24, 2.45) is 0 Å². The van der Waals surface area contributed by atoms with E-state index in [0.717, 1.165) is 69.1 Å². The van der Waals surface area contributed by atoms with E-state index in [2.05, 4.69) is 15.6 Å². The number of aromatic nitrogens is 3. The van der Waals surface area contributed by atoms with Crippen LogP contribution in [0.15, 0.2) is 18.3 Å². The highest BCUT2D eigenvalue weighted by Gasteiger charge is 2.28. The molecule has 1 atom stereocenters. The summed E-state index contributed by atoms with van der Waals surface area (Å²) in [5.41, 5.74) is 2.02. The third-order valence-electron chi connectivity index (χ3n) is 4.56. The van der Waals surface area contributed by atoms with Crippen LogP contribution in [-0.2, 0) is 9.47 Å². The normalized spacial score (nSPS) is 24.5. The Bertz CT molecular complexity index is 613. The maximum atomic E-state index is 5.68. The molecule has 0 radical (unpaired) electrons. The second-order valence-electron chi connectivity index (χ2n) is 5.94. The van der Waals surface area contributed by atoms with Gasteiger partial charge in [0.1, 0.15) is 11.3 Å². The quantitative estimate of drug-likeness (QED) is 0.852. The molecule has 2 aromatic rings. The van der Waals surface area contributed by atoms with E-state index in [-0.39, 0.29) is 0 Å². The van der Waals surface area contributed by atoms with Gasteiger partial charge in [0.15, 0.2) is 5.65 Å². The summed E-state index contributed by atoms with van der Waals surface area (Å²) < 4.78 is 13.6. The predicted molar refractivity (Wildman–Crippen MR) is 79.4 cm³/mol. The first-order chi connectivity index (χ1) is 10.4. The first-order valence-electron chi connectivity index (χ1n) is 7.92. The van der Waals surface area contributed by atoms with Gasteiger partial charge in [-0.1, -0.05) is 0 Å². The molecule has 0 aromatic carbocycles. The van der Waals surface area contributed by atoms with Gasteiger partial charge in [0.2, 0.25) is 0 Å². The fraction of sp³-hybridized carbons (Fsp3) is 0.625. The molecule has 0 bridgehead atoms. The minimum atomic E-state index is 0.399. The largest absolute Gasteiger partial charge is 0.381 e. The summed E-state index contributed by atoms with van der Waals surface area (Å²) >= 11 is 0. The number of ether oxygens (including phenoxy) is 2. The number of hydrogen-bond donors (Lipinski definition) is 0. The van der Waals surface area contributed by atoms with E-state index < -0.39 is 0 Å². The molecule has 0 spiro atoms. The summed E-state index contributed by atoms with van der Waals surface area (Å²) in [4.78, 5) is 9.48. The lowest BCUT2D eigenvalue weighted by Gasteiger charge is -2.28. The van der Waals surface area contributed by atoms with Gasteiger partial charge >= 0.3 is 0 Å². The van der Waals surface area contributed by atoms with Gasteiger partial charge in [0.25, 0.3) is 0 Å². The van der Waals surface area contributed by atoms with Gasteiger partial charge in [-0.05, 0) is 37.8 Å². The van der Waals surface area contributed by atoms with Crippen LogP contribution in [0.5, 0.6) is 0 Å². The highest BCUT2D eigenvalue weighted by Crippen LogP contribution is 2.33. The zero-order valence-electron chi connectivity index (χ0n) is 12.2. The van der Waals surface area contributed by atoms with Gasteiger partial charge in [0.05, 0.1) is 6.61 Å². The van der Waals surface area contributed by atoms with Crippen LogP contribution < -0.4 is 0 Å². The van der Waals surface area contributed by atoms with Crippen molar-refractivity contribution in [2.75, 3.05) is 26.4 Å². The lowest BCUT2D eigenvalue weighted by molar-refractivity contribution is 0.0623. The second kappa shape index (κ2) is 5.73. The molecule has 1 unspecified atom stereocenters. The SMILES string of the molecule is c1cnc2c(c1)nc(C1CCCOC1)n2C1CCOCC1. The standard InChI is InChI=1S/C16H21N3O2/c1-4-14-16(17-7-1)19(13-5-9-20-10-6-13)15(18-14)12-3-2-8-21-11-12/h1,4,7,12-13H,2-3,5-6,8-11H2. The summed E-state index contributed by atoms with van der Waals surface area (Å²) in [5, 5.41) is 0. The zero-order chi connectivity index (χ0) is 14.1. The van der Waals surface area contributed by atoms with E-state index in [1.54, 1.807) is 0 Å². The maximum Gasteiger partial charge on any atom is 0.160 e. The lowest BCUT2D eigenvalue weighted by Crippen LogP contribution is -2.25. The van der Waals surface area contributed by atoms with Crippen LogP contribution in [0.1, 0.15) is 43.5 Å². The van der Waals surface area contributed by atoms with E-state index in [1.807, 2.05) is 12.3 Å². The van der Waals surface area contributed by atoms with E-state index in [4.69, 9.17) is 14.5 Å². The Hall–Kier alpha value is -1.46. The highest BCUT2D eigenvalue weighted by molar-refractivity contribution is 5.71. The van der Waals surface area contributed by atoms with Crippen LogP contribution in [0.2, 0.25) is 0 Å². The minimum Gasteiger partial charge on any atom is -0.381 e. The Morgan fingerprint density at radius 2 is 2.00 bits per heavy atom. The Kier molecular flexibility index (Phi) is 3.61. The van der Waals surface area contributed by atoms with Crippen molar-refractivity contribution in [3.63, 3.8) is 0 Å². The van der Waals surface area contributed by atoms with Crippen LogP contribution in [0.4, 0.5) is 0 Å². The predicted octanol–water partition coefficient (Wildman–Crippen LogP) is 2.68. The second-order valence-corrected chi connectivity index (χ2v) is 5.94. The third-order valence-corrected chi connectivity index (χ3v) is 4.56. The molecule has 2 aliphatic rings. The van der Waals surface area contributed by atoms with Crippen LogP contribution >= 0.6 is 0 Å². The fourth-order valence-corrected chi connectivity index (χ4v) is 3.48. The number of pyridine rings is 1. The zero-order valence-corrected chi connectivity index (χ0v) is 12.2. The van der Waals surface area contributed by atoms with Crippen molar-refractivity contribution < 1.29 is 9.47 Å². The summed E-state index contributed by atoms with van der Waals surface area (Å²) in [7, 11) is 0. The van der Waals surface area contributed by atoms with E-state index in [9.17, 15) is 0 Å². The molecule has 2 fully saturated rings. The number of rotatable bonds is 2. The first kappa shape index (κ1) is 13.2. The van der Waals surface area contributed by atoms with Crippen molar-refractivity contribution in [1.29, 1.82) is 0 Å². The molecule has 0 saturated carbocycles. The van der Waals surface area contributed by atoms with E-state index >= 15 is 0 Å². The third kappa shape index (κ3) is 2.45. The molecule has 2 saturated heterocycles. The van der Waals surface area contributed by atoms with Gasteiger partial charge in [0, 0.05) is 38.0 Å². The van der Waals surface area contributed by atoms with Gasteiger partial charge in [-0.2, -0.15) is 0 Å². The number of imidazole rings is 1. The van der Waals surface area contributed by atoms with E-state index in [1.165, 1.54) is 0 Å². The van der Waals surface area contributed by atoms with Gasteiger partial charge in [-0.3, -0.25) is 0 Å². The molecule has 4 rings (SSSR count). The molecular formula is C16H21N3O2. The van der Waals surface area contributed by atoms with Crippen molar-refractivity contribution in [2.45, 2.75) is 37.6 Å². The molecule has 4 heterocycles. The molecule has 5 nitrogen and oxygen atoms in total. The van der Waals surface area contributed by atoms with Crippen LogP contribution in [0.25, 0.3) is 11.2 Å². The monoisotopic (exact) mass is 287 g/mol. The summed E-state index contributed by atoms with van der Waals surface area (Å²) in [6, 6.07) is 4.48. The Morgan fingerprint density at radius 1 is 1.10 bits per heavy atom. The summed E-state index contributed by atoms with van der Waals surface area (Å²) in [6.07, 6.45) is 6.23. The van der Waals surface area contributed by atoms with Crippen LogP contribution in [0.3, 0.4) is 0 Å². The lowest BCUT2D eigenvalue weighted by atomic mass is 10.00. The fourth-order valence-electron chi connectivity index (χ4n) is 3.48. The smallest absolute Gasteiger partial charge is 0.160 e. The molecule has 2 aliphatic heterocycles. The Morgan fingerprint density at radius 3 is 2.81 bits per heavy atom. The van der Waals surface area contributed by atoms with E-state index in [0.29, 0.717) is 12.0 Å². The first-order valence-corrected chi connectivity index (χ1v) is 7.92. The van der Waals surface area contributed by atoms with Crippen molar-refractivity contribution in [1.82, 2.24) is 14.5 Å². The topological polar surface area (TPSA) is 49.2 Å². The van der Waals surface area contributed by atoms with Crippen LogP contribution in [-0.4, -0.2) is 41.0 Å². The molecule has 0 aliphatic carbocycles. The molecule has 2 aromatic heterocycles.